The maximum Gasteiger partial charge on any atom is 0.315 e. The fraction of sp³-hybridized carbons (Fsp3) is 0.538. The summed E-state index contributed by atoms with van der Waals surface area (Å²) in [5.41, 5.74) is -0.718. The summed E-state index contributed by atoms with van der Waals surface area (Å²) < 4.78 is 45.1. The zero-order valence-electron chi connectivity index (χ0n) is 12.8. The molecule has 0 aromatic heterocycles. The monoisotopic (exact) mass is 347 g/mol. The Morgan fingerprint density at radius 1 is 1.39 bits per heavy atom. The van der Waals surface area contributed by atoms with Crippen molar-refractivity contribution in [2.24, 2.45) is 0 Å². The van der Waals surface area contributed by atoms with E-state index in [0.29, 0.717) is 25.9 Å². The smallest absolute Gasteiger partial charge is 0.315 e. The van der Waals surface area contributed by atoms with Crippen molar-refractivity contribution in [3.8, 4) is 5.75 Å². The fourth-order valence-corrected chi connectivity index (χ4v) is 4.02. The molecule has 0 spiro atoms. The van der Waals surface area contributed by atoms with Gasteiger partial charge in [0.05, 0.1) is 16.9 Å². The molecule has 0 atom stereocenters. The molecule has 1 aromatic carbocycles. The number of ether oxygens (including phenoxy) is 1. The number of benzene rings is 1. The van der Waals surface area contributed by atoms with E-state index in [9.17, 15) is 22.9 Å². The molecule has 0 amide bonds. The molecular formula is C13H18FN3O5S. The van der Waals surface area contributed by atoms with Gasteiger partial charge in [-0.15, -0.1) is 0 Å². The van der Waals surface area contributed by atoms with Gasteiger partial charge >= 0.3 is 5.69 Å². The predicted molar refractivity (Wildman–Crippen MR) is 80.4 cm³/mol. The van der Waals surface area contributed by atoms with Crippen molar-refractivity contribution >= 4 is 15.7 Å². The third kappa shape index (κ3) is 3.43. The molecule has 0 bridgehead atoms. The molecule has 1 aromatic rings. The first kappa shape index (κ1) is 17.6. The van der Waals surface area contributed by atoms with Crippen LogP contribution in [0.4, 0.5) is 10.1 Å². The van der Waals surface area contributed by atoms with E-state index in [1.54, 1.807) is 0 Å². The van der Waals surface area contributed by atoms with Crippen molar-refractivity contribution in [3.05, 3.63) is 28.1 Å². The van der Waals surface area contributed by atoms with Gasteiger partial charge in [-0.05, 0) is 32.0 Å². The fourth-order valence-electron chi connectivity index (χ4n) is 2.57. The minimum absolute atomic E-state index is 0.231. The summed E-state index contributed by atoms with van der Waals surface area (Å²) in [5.74, 6) is -1.67. The molecule has 1 aliphatic rings. The number of piperidine rings is 1. The molecule has 0 saturated carbocycles. The van der Waals surface area contributed by atoms with E-state index < -0.39 is 37.1 Å². The Bertz CT molecular complexity index is 704. The summed E-state index contributed by atoms with van der Waals surface area (Å²) in [7, 11) is -1.55. The number of hydrogen-bond donors (Lipinski definition) is 1. The number of halogens is 1. The lowest BCUT2D eigenvalue weighted by Crippen LogP contribution is -2.43. The van der Waals surface area contributed by atoms with Crippen LogP contribution < -0.4 is 10.1 Å². The lowest BCUT2D eigenvalue weighted by Gasteiger charge is -2.30. The predicted octanol–water partition coefficient (Wildman–Crippen LogP) is 1.11. The largest absolute Gasteiger partial charge is 0.488 e. The Morgan fingerprint density at radius 3 is 2.52 bits per heavy atom. The summed E-state index contributed by atoms with van der Waals surface area (Å²) in [5, 5.41) is 14.1. The second-order valence-corrected chi connectivity index (χ2v) is 7.21. The van der Waals surface area contributed by atoms with Gasteiger partial charge in [0.25, 0.3) is 0 Å². The van der Waals surface area contributed by atoms with Gasteiger partial charge in [-0.25, -0.2) is 12.8 Å². The highest BCUT2D eigenvalue weighted by molar-refractivity contribution is 7.89. The molecule has 1 aliphatic heterocycles. The molecule has 23 heavy (non-hydrogen) atoms. The van der Waals surface area contributed by atoms with E-state index >= 15 is 0 Å². The molecule has 128 valence electrons. The van der Waals surface area contributed by atoms with Crippen molar-refractivity contribution in [2.75, 3.05) is 27.2 Å². The molecule has 1 N–H and O–H groups in total. The van der Waals surface area contributed by atoms with Crippen LogP contribution >= 0.6 is 0 Å². The zero-order valence-corrected chi connectivity index (χ0v) is 13.6. The number of nitro benzene ring substituents is 1. The summed E-state index contributed by atoms with van der Waals surface area (Å²) in [6.45, 7) is 1.36. The Morgan fingerprint density at radius 2 is 2.00 bits per heavy atom. The highest BCUT2D eigenvalue weighted by atomic mass is 32.2. The first-order chi connectivity index (χ1) is 10.8. The number of rotatable bonds is 5. The lowest BCUT2D eigenvalue weighted by molar-refractivity contribution is -0.386. The second kappa shape index (κ2) is 6.77. The van der Waals surface area contributed by atoms with Crippen LogP contribution in [0.3, 0.4) is 0 Å². The highest BCUT2D eigenvalue weighted by Gasteiger charge is 2.32. The third-order valence-corrected chi connectivity index (χ3v) is 5.79. The molecule has 0 aliphatic carbocycles. The van der Waals surface area contributed by atoms with Gasteiger partial charge in [0.2, 0.25) is 15.8 Å². The molecule has 10 heteroatoms. The molecule has 8 nitrogen and oxygen atoms in total. The molecular weight excluding hydrogens is 329 g/mol. The van der Waals surface area contributed by atoms with Crippen LogP contribution in [0.5, 0.6) is 5.75 Å². The van der Waals surface area contributed by atoms with Crippen LogP contribution in [-0.4, -0.2) is 50.9 Å². The van der Waals surface area contributed by atoms with Gasteiger partial charge in [-0.1, -0.05) is 0 Å². The summed E-state index contributed by atoms with van der Waals surface area (Å²) >= 11 is 0. The van der Waals surface area contributed by atoms with Crippen molar-refractivity contribution < 1.29 is 22.5 Å². The summed E-state index contributed by atoms with van der Waals surface area (Å²) in [6.07, 6.45) is 1.24. The van der Waals surface area contributed by atoms with E-state index in [-0.39, 0.29) is 6.04 Å². The second-order valence-electron chi connectivity index (χ2n) is 5.22. The molecule has 1 saturated heterocycles. The van der Waals surface area contributed by atoms with Gasteiger partial charge in [-0.2, -0.15) is 4.31 Å². The normalized spacial score (nSPS) is 16.5. The average Bonchev–Trinajstić information content (AvgIpc) is 2.53. The van der Waals surface area contributed by atoms with E-state index in [1.165, 1.54) is 7.05 Å². The minimum Gasteiger partial charge on any atom is -0.488 e. The van der Waals surface area contributed by atoms with Crippen LogP contribution in [0, 0.1) is 15.9 Å². The van der Waals surface area contributed by atoms with Gasteiger partial charge in [0.1, 0.15) is 0 Å². The molecule has 0 radical (unpaired) electrons. The van der Waals surface area contributed by atoms with Crippen molar-refractivity contribution in [1.82, 2.24) is 9.62 Å². The first-order valence-corrected chi connectivity index (χ1v) is 8.43. The number of sulfonamides is 1. The van der Waals surface area contributed by atoms with Crippen LogP contribution in [0.2, 0.25) is 0 Å². The summed E-state index contributed by atoms with van der Waals surface area (Å²) in [4.78, 5) is 9.70. The molecule has 1 heterocycles. The van der Waals surface area contributed by atoms with Crippen LogP contribution in [-0.2, 0) is 10.0 Å². The van der Waals surface area contributed by atoms with Crippen molar-refractivity contribution in [2.45, 2.75) is 23.8 Å². The van der Waals surface area contributed by atoms with Gasteiger partial charge in [-0.3, -0.25) is 10.1 Å². The van der Waals surface area contributed by atoms with E-state index in [2.05, 4.69) is 10.1 Å². The number of nitrogens with zero attached hydrogens (tertiary/aromatic N) is 2. The van der Waals surface area contributed by atoms with Crippen molar-refractivity contribution in [1.29, 1.82) is 0 Å². The number of methoxy groups -OCH3 is 1. The zero-order chi connectivity index (χ0) is 17.2. The Balaban J connectivity index is 2.45. The molecule has 1 fully saturated rings. The average molecular weight is 347 g/mol. The van der Waals surface area contributed by atoms with Crippen LogP contribution in [0.25, 0.3) is 0 Å². The lowest BCUT2D eigenvalue weighted by atomic mass is 10.1. The van der Waals surface area contributed by atoms with Gasteiger partial charge in [0.15, 0.2) is 5.82 Å². The van der Waals surface area contributed by atoms with Gasteiger partial charge < -0.3 is 10.1 Å². The number of nitrogens with one attached hydrogen (secondary N) is 1. The maximum atomic E-state index is 14.0. The van der Waals surface area contributed by atoms with Crippen LogP contribution in [0.15, 0.2) is 17.0 Å². The Labute approximate surface area is 133 Å². The van der Waals surface area contributed by atoms with Crippen molar-refractivity contribution in [3.63, 3.8) is 0 Å². The standard InChI is InChI=1S/C13H18FN3O5S/c1-16(9-3-5-15-6-4-9)23(20,21)10-7-11(14)13(22-2)12(8-10)17(18)19/h7-9,15H,3-6H2,1-2H3. The first-order valence-electron chi connectivity index (χ1n) is 6.99. The molecule has 2 rings (SSSR count). The number of hydrogen-bond acceptors (Lipinski definition) is 6. The third-order valence-electron chi connectivity index (χ3n) is 3.90. The minimum atomic E-state index is -4.04. The van der Waals surface area contributed by atoms with E-state index in [1.807, 2.05) is 0 Å². The SMILES string of the molecule is COc1c(F)cc(S(=O)(=O)N(C)C2CCNCC2)cc1[N+](=O)[O-]. The highest BCUT2D eigenvalue weighted by Crippen LogP contribution is 2.34. The van der Waals surface area contributed by atoms with Crippen LogP contribution in [0.1, 0.15) is 12.8 Å². The topological polar surface area (TPSA) is 102 Å². The molecule has 0 unspecified atom stereocenters. The quantitative estimate of drug-likeness (QED) is 0.632. The number of nitro groups is 1. The Hall–Kier alpha value is -1.78. The van der Waals surface area contributed by atoms with Gasteiger partial charge in [0, 0.05) is 19.2 Å². The van der Waals surface area contributed by atoms with E-state index in [4.69, 9.17) is 0 Å². The summed E-state index contributed by atoms with van der Waals surface area (Å²) in [6, 6.07) is 1.35. The Kier molecular flexibility index (Phi) is 5.17. The maximum absolute atomic E-state index is 14.0. The van der Waals surface area contributed by atoms with E-state index in [0.717, 1.165) is 23.5 Å².